The number of carbonyl (C=O) groups is 1. The Labute approximate surface area is 125 Å². The van der Waals surface area contributed by atoms with Crippen LogP contribution in [0.4, 0.5) is 0 Å². The first kappa shape index (κ1) is 16.0. The maximum absolute atomic E-state index is 12.4. The van der Waals surface area contributed by atoms with Crippen molar-refractivity contribution in [3.63, 3.8) is 0 Å². The van der Waals surface area contributed by atoms with Crippen LogP contribution >= 0.6 is 0 Å². The number of likely N-dealkylation sites (N-methyl/N-ethyl adjacent to an activating group) is 1. The minimum atomic E-state index is -3.16. The monoisotopic (exact) mass is 314 g/mol. The molecule has 7 heteroatoms. The molecule has 1 aromatic heterocycles. The molecule has 2 heterocycles. The van der Waals surface area contributed by atoms with Gasteiger partial charge >= 0.3 is 0 Å². The minimum Gasteiger partial charge on any atom is -0.455 e. The highest BCUT2D eigenvalue weighted by molar-refractivity contribution is 7.89. The fourth-order valence-corrected chi connectivity index (χ4v) is 3.44. The van der Waals surface area contributed by atoms with Crippen molar-refractivity contribution in [1.29, 1.82) is 0 Å². The first-order valence-corrected chi connectivity index (χ1v) is 8.95. The average molecular weight is 314 g/mol. The molecular formula is C14H22N2O4S. The Bertz CT molecular complexity index is 621. The molecule has 2 atom stereocenters. The van der Waals surface area contributed by atoms with Gasteiger partial charge in [0.25, 0.3) is 5.91 Å². The van der Waals surface area contributed by atoms with Crippen molar-refractivity contribution in [2.45, 2.75) is 18.7 Å². The van der Waals surface area contributed by atoms with Crippen LogP contribution in [0.2, 0.25) is 0 Å². The lowest BCUT2D eigenvalue weighted by Gasteiger charge is -2.22. The minimum absolute atomic E-state index is 0.175. The number of rotatable bonds is 4. The quantitative estimate of drug-likeness (QED) is 0.824. The molecule has 0 saturated carbocycles. The van der Waals surface area contributed by atoms with Crippen molar-refractivity contribution in [3.8, 4) is 0 Å². The Morgan fingerprint density at radius 2 is 2.05 bits per heavy atom. The molecule has 6 nitrogen and oxygen atoms in total. The third-order valence-corrected chi connectivity index (χ3v) is 4.61. The van der Waals surface area contributed by atoms with Crippen LogP contribution in [0.1, 0.15) is 23.2 Å². The number of carbonyl (C=O) groups excluding carboxylic acids is 1. The summed E-state index contributed by atoms with van der Waals surface area (Å²) in [5.41, 5.74) is 0. The van der Waals surface area contributed by atoms with Crippen molar-refractivity contribution < 1.29 is 17.6 Å². The first-order chi connectivity index (χ1) is 9.67. The van der Waals surface area contributed by atoms with E-state index in [1.165, 1.54) is 0 Å². The second-order valence-electron chi connectivity index (χ2n) is 6.05. The highest BCUT2D eigenvalue weighted by Gasteiger charge is 2.34. The lowest BCUT2D eigenvalue weighted by Crippen LogP contribution is -2.35. The van der Waals surface area contributed by atoms with E-state index < -0.39 is 9.84 Å². The number of furan rings is 1. The summed E-state index contributed by atoms with van der Waals surface area (Å²) >= 11 is 0. The van der Waals surface area contributed by atoms with Crippen molar-refractivity contribution in [2.75, 3.05) is 33.4 Å². The molecule has 118 valence electrons. The van der Waals surface area contributed by atoms with Gasteiger partial charge in [0.1, 0.15) is 11.5 Å². The SMILES string of the molecule is CC1CN(C(=O)c2ccc(CS(C)(=O)=O)o2)CC1N(C)C. The van der Waals surface area contributed by atoms with Crippen molar-refractivity contribution in [3.05, 3.63) is 23.7 Å². The van der Waals surface area contributed by atoms with Gasteiger partial charge < -0.3 is 14.2 Å². The summed E-state index contributed by atoms with van der Waals surface area (Å²) in [5, 5.41) is 0. The number of sulfone groups is 1. The Morgan fingerprint density at radius 1 is 1.38 bits per heavy atom. The van der Waals surface area contributed by atoms with Gasteiger partial charge in [-0.1, -0.05) is 6.92 Å². The van der Waals surface area contributed by atoms with E-state index in [0.717, 1.165) is 6.26 Å². The predicted molar refractivity (Wildman–Crippen MR) is 79.8 cm³/mol. The van der Waals surface area contributed by atoms with Crippen LogP contribution in [0.25, 0.3) is 0 Å². The third-order valence-electron chi connectivity index (χ3n) is 3.80. The summed E-state index contributed by atoms with van der Waals surface area (Å²) in [6.45, 7) is 3.47. The normalized spacial score (nSPS) is 23.0. The summed E-state index contributed by atoms with van der Waals surface area (Å²) in [7, 11) is 0.850. The Hall–Kier alpha value is -1.34. The summed E-state index contributed by atoms with van der Waals surface area (Å²) < 4.78 is 27.9. The maximum atomic E-state index is 12.4. The van der Waals surface area contributed by atoms with Gasteiger partial charge in [-0.15, -0.1) is 0 Å². The van der Waals surface area contributed by atoms with Crippen LogP contribution < -0.4 is 0 Å². The lowest BCUT2D eigenvalue weighted by atomic mass is 10.1. The second kappa shape index (κ2) is 5.81. The van der Waals surface area contributed by atoms with E-state index in [9.17, 15) is 13.2 Å². The molecule has 0 aromatic carbocycles. The molecule has 1 saturated heterocycles. The summed E-state index contributed by atoms with van der Waals surface area (Å²) in [4.78, 5) is 16.3. The number of likely N-dealkylation sites (tertiary alicyclic amines) is 1. The van der Waals surface area contributed by atoms with E-state index in [0.29, 0.717) is 30.8 Å². The summed E-state index contributed by atoms with van der Waals surface area (Å²) in [6.07, 6.45) is 1.14. The standard InChI is InChI=1S/C14H22N2O4S/c1-10-7-16(8-12(10)15(2)3)14(17)13-6-5-11(20-13)9-21(4,18)19/h5-6,10,12H,7-9H2,1-4H3. The van der Waals surface area contributed by atoms with Crippen molar-refractivity contribution >= 4 is 15.7 Å². The topological polar surface area (TPSA) is 70.8 Å². The van der Waals surface area contributed by atoms with Gasteiger partial charge in [0.15, 0.2) is 15.6 Å². The summed E-state index contributed by atoms with van der Waals surface area (Å²) in [5.74, 6) is 0.551. The van der Waals surface area contributed by atoms with Crippen LogP contribution in [0.5, 0.6) is 0 Å². The number of amides is 1. The molecule has 2 rings (SSSR count). The van der Waals surface area contributed by atoms with Gasteiger partial charge in [-0.05, 0) is 32.1 Å². The summed E-state index contributed by atoms with van der Waals surface area (Å²) in [6, 6.07) is 3.44. The Morgan fingerprint density at radius 3 is 2.57 bits per heavy atom. The van der Waals surface area contributed by atoms with Gasteiger partial charge in [-0.3, -0.25) is 4.79 Å². The van der Waals surface area contributed by atoms with Crippen LogP contribution in [-0.4, -0.2) is 63.6 Å². The Kier molecular flexibility index (Phi) is 4.43. The molecule has 0 N–H and O–H groups in total. The Balaban J connectivity index is 2.08. The smallest absolute Gasteiger partial charge is 0.289 e. The molecule has 1 aromatic rings. The zero-order valence-electron chi connectivity index (χ0n) is 12.9. The molecule has 2 unspecified atom stereocenters. The zero-order chi connectivity index (χ0) is 15.8. The lowest BCUT2D eigenvalue weighted by molar-refractivity contribution is 0.0748. The fourth-order valence-electron chi connectivity index (χ4n) is 2.77. The molecule has 21 heavy (non-hydrogen) atoms. The van der Waals surface area contributed by atoms with Crippen molar-refractivity contribution in [2.24, 2.45) is 5.92 Å². The molecule has 0 spiro atoms. The van der Waals surface area contributed by atoms with E-state index >= 15 is 0 Å². The molecule has 0 radical (unpaired) electrons. The number of nitrogens with zero attached hydrogens (tertiary/aromatic N) is 2. The molecule has 1 amide bonds. The number of hydrogen-bond acceptors (Lipinski definition) is 5. The van der Waals surface area contributed by atoms with E-state index in [1.54, 1.807) is 17.0 Å². The molecule has 1 aliphatic rings. The molecule has 0 bridgehead atoms. The molecule has 1 fully saturated rings. The number of hydrogen-bond donors (Lipinski definition) is 0. The molecule has 1 aliphatic heterocycles. The third kappa shape index (κ3) is 3.85. The van der Waals surface area contributed by atoms with Crippen molar-refractivity contribution in [1.82, 2.24) is 9.80 Å². The largest absolute Gasteiger partial charge is 0.455 e. The predicted octanol–water partition coefficient (Wildman–Crippen LogP) is 0.846. The van der Waals surface area contributed by atoms with Gasteiger partial charge in [0, 0.05) is 25.4 Å². The van der Waals surface area contributed by atoms with E-state index in [1.807, 2.05) is 14.1 Å². The van der Waals surface area contributed by atoms with E-state index in [4.69, 9.17) is 4.42 Å². The van der Waals surface area contributed by atoms with Gasteiger partial charge in [-0.25, -0.2) is 8.42 Å². The second-order valence-corrected chi connectivity index (χ2v) is 8.19. The van der Waals surface area contributed by atoms with Gasteiger partial charge in [-0.2, -0.15) is 0 Å². The van der Waals surface area contributed by atoms with Crippen LogP contribution in [-0.2, 0) is 15.6 Å². The van der Waals surface area contributed by atoms with E-state index in [2.05, 4.69) is 11.8 Å². The van der Waals surface area contributed by atoms with E-state index in [-0.39, 0.29) is 17.4 Å². The fraction of sp³-hybridized carbons (Fsp3) is 0.643. The molecular weight excluding hydrogens is 292 g/mol. The van der Waals surface area contributed by atoms with Gasteiger partial charge in [0.2, 0.25) is 0 Å². The first-order valence-electron chi connectivity index (χ1n) is 6.89. The van der Waals surface area contributed by atoms with Gasteiger partial charge in [0.05, 0.1) is 0 Å². The van der Waals surface area contributed by atoms with Crippen LogP contribution in [0.15, 0.2) is 16.5 Å². The van der Waals surface area contributed by atoms with Crippen LogP contribution in [0.3, 0.4) is 0 Å². The highest BCUT2D eigenvalue weighted by atomic mass is 32.2. The average Bonchev–Trinajstić information content (AvgIpc) is 2.93. The maximum Gasteiger partial charge on any atom is 0.289 e. The highest BCUT2D eigenvalue weighted by Crippen LogP contribution is 2.22. The molecule has 0 aliphatic carbocycles. The zero-order valence-corrected chi connectivity index (χ0v) is 13.7. The van der Waals surface area contributed by atoms with Crippen LogP contribution in [0, 0.1) is 5.92 Å².